The highest BCUT2D eigenvalue weighted by atomic mass is 32.1. The fraction of sp³-hybridized carbons (Fsp3) is 0.0847. The number of fused-ring (bicyclic) bond motifs is 10. The molecule has 0 spiro atoms. The quantitative estimate of drug-likeness (QED) is 0.170. The molecule has 0 radical (unpaired) electrons. The van der Waals surface area contributed by atoms with Crippen LogP contribution >= 0.6 is 11.3 Å². The van der Waals surface area contributed by atoms with Crippen LogP contribution in [0.4, 0.5) is 0 Å². The lowest BCUT2D eigenvalue weighted by atomic mass is 9.87. The fourth-order valence-corrected chi connectivity index (χ4v) is 11.4. The Hall–Kier alpha value is -7.60. The van der Waals surface area contributed by atoms with Crippen LogP contribution in [0.1, 0.15) is 42.5 Å². The molecule has 64 heavy (non-hydrogen) atoms. The van der Waals surface area contributed by atoms with E-state index in [4.69, 9.17) is 14.4 Å². The molecule has 1 aliphatic rings. The SMILES string of the molecule is CC1CCC(c2cccc3sc4ccccc4c23)=NC(c2ccc(-c3ccccc3)cc2)=NC1c1cc(-n2c3ccccc3c3cc4ccccc4cc32)c2c(c1)oc1ccccc12. The normalized spacial score (nSPS) is 16.0. The molecule has 5 heteroatoms. The largest absolute Gasteiger partial charge is 0.456 e. The van der Waals surface area contributed by atoms with Gasteiger partial charge in [-0.2, -0.15) is 0 Å². The summed E-state index contributed by atoms with van der Waals surface area (Å²) >= 11 is 1.85. The van der Waals surface area contributed by atoms with Crippen molar-refractivity contribution in [1.29, 1.82) is 0 Å². The number of nitrogens with zero attached hydrogens (tertiary/aromatic N) is 3. The zero-order valence-corrected chi connectivity index (χ0v) is 36.0. The third kappa shape index (κ3) is 5.95. The number of hydrogen-bond donors (Lipinski definition) is 0. The summed E-state index contributed by atoms with van der Waals surface area (Å²) in [6, 6.07) is 69.9. The molecule has 3 aromatic heterocycles. The van der Waals surface area contributed by atoms with E-state index < -0.39 is 0 Å². The molecule has 0 fully saturated rings. The average molecular weight is 840 g/mol. The minimum Gasteiger partial charge on any atom is -0.456 e. The molecule has 0 saturated heterocycles. The minimum absolute atomic E-state index is 0.180. The summed E-state index contributed by atoms with van der Waals surface area (Å²) < 4.78 is 11.9. The maximum atomic E-state index is 6.83. The second-order valence-corrected chi connectivity index (χ2v) is 18.4. The van der Waals surface area contributed by atoms with Gasteiger partial charge in [0, 0.05) is 47.5 Å². The Balaban J connectivity index is 1.06. The van der Waals surface area contributed by atoms with Crippen molar-refractivity contribution in [2.45, 2.75) is 25.8 Å². The predicted octanol–water partition coefficient (Wildman–Crippen LogP) is 16.3. The average Bonchev–Trinajstić information content (AvgIpc) is 4.02. The van der Waals surface area contributed by atoms with Gasteiger partial charge in [-0.25, -0.2) is 4.99 Å². The van der Waals surface area contributed by atoms with Crippen LogP contribution < -0.4 is 0 Å². The summed E-state index contributed by atoms with van der Waals surface area (Å²) in [6.45, 7) is 2.36. The molecule has 2 atom stereocenters. The smallest absolute Gasteiger partial charge is 0.155 e. The van der Waals surface area contributed by atoms with Crippen LogP contribution in [-0.2, 0) is 0 Å². The van der Waals surface area contributed by atoms with Crippen molar-refractivity contribution in [3.63, 3.8) is 0 Å². The van der Waals surface area contributed by atoms with Gasteiger partial charge in [0.2, 0.25) is 0 Å². The molecule has 0 amide bonds. The van der Waals surface area contributed by atoms with E-state index in [1.54, 1.807) is 0 Å². The third-order valence-corrected chi connectivity index (χ3v) is 14.6. The first kappa shape index (κ1) is 37.0. The second-order valence-electron chi connectivity index (χ2n) is 17.3. The Morgan fingerprint density at radius 3 is 2.08 bits per heavy atom. The standard InChI is InChI=1S/C59H41N3OS/c1-36-26-31-48(44-21-13-25-55-56(44)46-20-9-12-24-54(46)64-55)60-59(39-29-27-38(28-30-39)37-14-3-2-4-15-37)61-58(36)42-34-51(57-45-19-8-11-23-52(45)63-53(57)35-42)62-49-22-10-7-18-43(49)47-32-40-16-5-6-17-41(40)33-50(47)62/h2-25,27-30,32-36,58H,26,31H2,1H3. The second kappa shape index (κ2) is 14.8. The van der Waals surface area contributed by atoms with Gasteiger partial charge in [-0.15, -0.1) is 11.3 Å². The molecule has 2 unspecified atom stereocenters. The first-order valence-corrected chi connectivity index (χ1v) is 23.0. The number of aromatic nitrogens is 1. The van der Waals surface area contributed by atoms with Crippen LogP contribution in [0.5, 0.6) is 0 Å². The molecule has 0 bridgehead atoms. The van der Waals surface area contributed by atoms with Crippen molar-refractivity contribution in [1.82, 2.24) is 4.57 Å². The zero-order chi connectivity index (χ0) is 42.3. The summed E-state index contributed by atoms with van der Waals surface area (Å²) in [4.78, 5) is 11.4. The van der Waals surface area contributed by atoms with Crippen LogP contribution in [0.25, 0.3) is 91.5 Å². The van der Waals surface area contributed by atoms with Gasteiger partial charge in [0.15, 0.2) is 5.84 Å². The Morgan fingerprint density at radius 1 is 0.531 bits per heavy atom. The number of rotatable bonds is 5. The molecule has 13 rings (SSSR count). The summed E-state index contributed by atoms with van der Waals surface area (Å²) in [5.74, 6) is 0.927. The van der Waals surface area contributed by atoms with Gasteiger partial charge in [0.05, 0.1) is 33.9 Å². The number of amidine groups is 1. The van der Waals surface area contributed by atoms with E-state index >= 15 is 0 Å². The molecule has 12 aromatic rings. The highest BCUT2D eigenvalue weighted by Gasteiger charge is 2.28. The zero-order valence-electron chi connectivity index (χ0n) is 35.2. The van der Waals surface area contributed by atoms with E-state index in [0.29, 0.717) is 0 Å². The van der Waals surface area contributed by atoms with E-state index in [2.05, 4.69) is 206 Å². The predicted molar refractivity (Wildman–Crippen MR) is 271 cm³/mol. The lowest BCUT2D eigenvalue weighted by molar-refractivity contribution is 0.446. The number of benzene rings is 9. The van der Waals surface area contributed by atoms with Gasteiger partial charge >= 0.3 is 0 Å². The van der Waals surface area contributed by atoms with Gasteiger partial charge in [-0.05, 0) is 94.8 Å². The van der Waals surface area contributed by atoms with Crippen LogP contribution in [0.15, 0.2) is 209 Å². The first-order chi connectivity index (χ1) is 31.6. The lowest BCUT2D eigenvalue weighted by Gasteiger charge is -2.26. The van der Waals surface area contributed by atoms with Crippen molar-refractivity contribution in [3.8, 4) is 16.8 Å². The van der Waals surface area contributed by atoms with Crippen LogP contribution in [-0.4, -0.2) is 16.1 Å². The Labute approximate surface area is 374 Å². The van der Waals surface area contributed by atoms with Crippen LogP contribution in [0.3, 0.4) is 0 Å². The number of para-hydroxylation sites is 2. The molecule has 0 aliphatic carbocycles. The molecule has 4 heterocycles. The topological polar surface area (TPSA) is 42.8 Å². The molecule has 0 N–H and O–H groups in total. The van der Waals surface area contributed by atoms with Gasteiger partial charge in [0.25, 0.3) is 0 Å². The van der Waals surface area contributed by atoms with E-state index in [9.17, 15) is 0 Å². The van der Waals surface area contributed by atoms with Gasteiger partial charge in [-0.1, -0.05) is 153 Å². The third-order valence-electron chi connectivity index (χ3n) is 13.4. The lowest BCUT2D eigenvalue weighted by Crippen LogP contribution is -2.18. The summed E-state index contributed by atoms with van der Waals surface area (Å²) in [5.41, 5.74) is 11.9. The Kier molecular flexibility index (Phi) is 8.53. The van der Waals surface area contributed by atoms with Crippen LogP contribution in [0.2, 0.25) is 0 Å². The number of hydrogen-bond acceptors (Lipinski definition) is 4. The molecule has 304 valence electrons. The van der Waals surface area contributed by atoms with Crippen molar-refractivity contribution in [2.24, 2.45) is 15.9 Å². The molecule has 4 nitrogen and oxygen atoms in total. The minimum atomic E-state index is -0.197. The van der Waals surface area contributed by atoms with E-state index in [-0.39, 0.29) is 12.0 Å². The number of thiophene rings is 1. The first-order valence-electron chi connectivity index (χ1n) is 22.2. The van der Waals surface area contributed by atoms with Gasteiger partial charge in [-0.3, -0.25) is 4.99 Å². The fourth-order valence-electron chi connectivity index (χ4n) is 10.3. The number of aliphatic imine (C=N–C) groups is 2. The van der Waals surface area contributed by atoms with Crippen molar-refractivity contribution >= 4 is 97.6 Å². The molecule has 9 aromatic carbocycles. The Morgan fingerprint density at radius 2 is 1.22 bits per heavy atom. The maximum Gasteiger partial charge on any atom is 0.155 e. The van der Waals surface area contributed by atoms with E-state index in [1.165, 1.54) is 63.9 Å². The Bertz CT molecular complexity index is 3870. The molecular weight excluding hydrogens is 799 g/mol. The van der Waals surface area contributed by atoms with Gasteiger partial charge in [0.1, 0.15) is 11.2 Å². The summed E-state index contributed by atoms with van der Waals surface area (Å²) in [6.07, 6.45) is 1.74. The molecular formula is C59H41N3OS. The van der Waals surface area contributed by atoms with E-state index in [0.717, 1.165) is 68.7 Å². The van der Waals surface area contributed by atoms with Crippen LogP contribution in [0, 0.1) is 5.92 Å². The van der Waals surface area contributed by atoms with Crippen molar-refractivity contribution in [2.75, 3.05) is 0 Å². The highest BCUT2D eigenvalue weighted by Crippen LogP contribution is 2.44. The molecule has 1 aliphatic heterocycles. The van der Waals surface area contributed by atoms with Crippen molar-refractivity contribution in [3.05, 3.63) is 211 Å². The van der Waals surface area contributed by atoms with E-state index in [1.807, 2.05) is 11.3 Å². The number of furan rings is 1. The molecule has 0 saturated carbocycles. The highest BCUT2D eigenvalue weighted by molar-refractivity contribution is 7.25. The summed E-state index contributed by atoms with van der Waals surface area (Å²) in [5, 5.41) is 9.67. The maximum absolute atomic E-state index is 6.83. The monoisotopic (exact) mass is 839 g/mol. The van der Waals surface area contributed by atoms with Crippen molar-refractivity contribution < 1.29 is 4.42 Å². The van der Waals surface area contributed by atoms with Gasteiger partial charge < -0.3 is 8.98 Å². The summed E-state index contributed by atoms with van der Waals surface area (Å²) in [7, 11) is 0.